The Hall–Kier alpha value is -0.130. The molecular weight excluding hydrogens is 265 g/mol. The molecule has 0 bridgehead atoms. The van der Waals surface area contributed by atoms with E-state index in [0.29, 0.717) is 0 Å². The summed E-state index contributed by atoms with van der Waals surface area (Å²) in [7, 11) is 1.99. The largest absolute Gasteiger partial charge is 1.00 e. The van der Waals surface area contributed by atoms with E-state index in [1.54, 1.807) is 0 Å². The van der Waals surface area contributed by atoms with E-state index < -0.39 is 0 Å². The van der Waals surface area contributed by atoms with Crippen molar-refractivity contribution in [1.82, 2.24) is 9.78 Å². The average molecular weight is 281 g/mol. The maximum absolute atomic E-state index is 4.17. The summed E-state index contributed by atoms with van der Waals surface area (Å²) in [6.45, 7) is 3.26. The SMILES string of the molecule is CCCCCn1c[n+](C)cn1.[I-]. The maximum Gasteiger partial charge on any atom is 0.264 e. The lowest BCUT2D eigenvalue weighted by molar-refractivity contribution is -0.672. The van der Waals surface area contributed by atoms with E-state index >= 15 is 0 Å². The van der Waals surface area contributed by atoms with Crippen molar-refractivity contribution in [2.45, 2.75) is 32.7 Å². The van der Waals surface area contributed by atoms with Crippen molar-refractivity contribution in [3.63, 3.8) is 0 Å². The van der Waals surface area contributed by atoms with E-state index in [-0.39, 0.29) is 24.0 Å². The fourth-order valence-electron chi connectivity index (χ4n) is 1.06. The van der Waals surface area contributed by atoms with Gasteiger partial charge in [0, 0.05) is 5.10 Å². The van der Waals surface area contributed by atoms with Gasteiger partial charge in [-0.15, -0.1) is 4.68 Å². The standard InChI is InChI=1S/C8H16N3.HI/c1-3-4-5-6-11-8-10(2)7-9-11;/h7-8H,3-6H2,1-2H3;1H/q+1;/p-1. The van der Waals surface area contributed by atoms with E-state index in [1.165, 1.54) is 19.3 Å². The van der Waals surface area contributed by atoms with Crippen LogP contribution in [0.5, 0.6) is 0 Å². The lowest BCUT2D eigenvalue weighted by Crippen LogP contribution is -3.00. The molecule has 0 atom stereocenters. The zero-order chi connectivity index (χ0) is 8.10. The van der Waals surface area contributed by atoms with Crippen LogP contribution >= 0.6 is 0 Å². The molecule has 0 spiro atoms. The third-order valence-corrected chi connectivity index (χ3v) is 1.69. The normalized spacial score (nSPS) is 9.50. The summed E-state index contributed by atoms with van der Waals surface area (Å²) in [6, 6.07) is 0. The molecular formula is C8H16IN3. The van der Waals surface area contributed by atoms with Gasteiger partial charge < -0.3 is 24.0 Å². The molecule has 0 radical (unpaired) electrons. The molecule has 0 aliphatic heterocycles. The van der Waals surface area contributed by atoms with Crippen molar-refractivity contribution < 1.29 is 28.5 Å². The van der Waals surface area contributed by atoms with Crippen LogP contribution in [0.25, 0.3) is 0 Å². The average Bonchev–Trinajstić information content (AvgIpc) is 2.37. The van der Waals surface area contributed by atoms with Gasteiger partial charge in [-0.2, -0.15) is 0 Å². The molecule has 0 unspecified atom stereocenters. The lowest BCUT2D eigenvalue weighted by atomic mass is 10.2. The minimum atomic E-state index is 0. The molecule has 0 saturated heterocycles. The molecule has 4 heteroatoms. The second kappa shape index (κ2) is 6.39. The molecule has 0 aromatic carbocycles. The van der Waals surface area contributed by atoms with Crippen LogP contribution in [0.3, 0.4) is 0 Å². The highest BCUT2D eigenvalue weighted by atomic mass is 127. The van der Waals surface area contributed by atoms with Crippen LogP contribution in [0.1, 0.15) is 26.2 Å². The number of nitrogens with zero attached hydrogens (tertiary/aromatic N) is 3. The number of unbranched alkanes of at least 4 members (excludes halogenated alkanes) is 2. The van der Waals surface area contributed by atoms with E-state index in [2.05, 4.69) is 12.0 Å². The van der Waals surface area contributed by atoms with Crippen LogP contribution in [0.15, 0.2) is 12.7 Å². The predicted molar refractivity (Wildman–Crippen MR) is 42.9 cm³/mol. The highest BCUT2D eigenvalue weighted by molar-refractivity contribution is 4.46. The van der Waals surface area contributed by atoms with Gasteiger partial charge >= 0.3 is 0 Å². The topological polar surface area (TPSA) is 21.7 Å². The van der Waals surface area contributed by atoms with Gasteiger partial charge in [0.2, 0.25) is 6.33 Å². The van der Waals surface area contributed by atoms with Gasteiger partial charge in [0.15, 0.2) is 0 Å². The van der Waals surface area contributed by atoms with Crippen molar-refractivity contribution in [2.24, 2.45) is 7.05 Å². The molecule has 1 aromatic rings. The Morgan fingerprint density at radius 2 is 2.17 bits per heavy atom. The van der Waals surface area contributed by atoms with Gasteiger partial charge in [-0.05, 0) is 6.42 Å². The minimum absolute atomic E-state index is 0. The van der Waals surface area contributed by atoms with Crippen molar-refractivity contribution in [2.75, 3.05) is 0 Å². The smallest absolute Gasteiger partial charge is 0.264 e. The lowest BCUT2D eigenvalue weighted by Gasteiger charge is -1.91. The first-order valence-corrected chi connectivity index (χ1v) is 4.20. The van der Waals surface area contributed by atoms with Crippen LogP contribution < -0.4 is 28.5 Å². The van der Waals surface area contributed by atoms with Gasteiger partial charge in [0.25, 0.3) is 6.33 Å². The summed E-state index contributed by atoms with van der Waals surface area (Å²) < 4.78 is 3.95. The molecule has 0 fully saturated rings. The highest BCUT2D eigenvalue weighted by Crippen LogP contribution is 1.95. The summed E-state index contributed by atoms with van der Waals surface area (Å²) >= 11 is 0. The van der Waals surface area contributed by atoms with Crippen molar-refractivity contribution in [1.29, 1.82) is 0 Å². The number of aromatic nitrogens is 3. The van der Waals surface area contributed by atoms with Gasteiger partial charge in [-0.1, -0.05) is 19.8 Å². The van der Waals surface area contributed by atoms with Gasteiger partial charge in [0.1, 0.15) is 6.54 Å². The molecule has 0 amide bonds. The first kappa shape index (κ1) is 11.9. The Labute approximate surface area is 90.8 Å². The first-order chi connectivity index (χ1) is 5.33. The van der Waals surface area contributed by atoms with Crippen molar-refractivity contribution in [3.05, 3.63) is 12.7 Å². The molecule has 0 aliphatic carbocycles. The van der Waals surface area contributed by atoms with Gasteiger partial charge in [-0.25, -0.2) is 4.57 Å². The zero-order valence-electron chi connectivity index (χ0n) is 7.70. The number of aryl methyl sites for hydroxylation is 2. The monoisotopic (exact) mass is 281 g/mol. The number of hydrogen-bond acceptors (Lipinski definition) is 1. The summed E-state index contributed by atoms with van der Waals surface area (Å²) in [4.78, 5) is 0. The Morgan fingerprint density at radius 1 is 1.42 bits per heavy atom. The molecule has 0 aliphatic rings. The van der Waals surface area contributed by atoms with Gasteiger partial charge in [0.05, 0.1) is 7.05 Å². The van der Waals surface area contributed by atoms with Crippen LogP contribution in [0.4, 0.5) is 0 Å². The van der Waals surface area contributed by atoms with E-state index in [4.69, 9.17) is 0 Å². The van der Waals surface area contributed by atoms with Crippen LogP contribution in [0, 0.1) is 0 Å². The van der Waals surface area contributed by atoms with Crippen molar-refractivity contribution in [3.8, 4) is 0 Å². The number of halogens is 1. The van der Waals surface area contributed by atoms with E-state index in [9.17, 15) is 0 Å². The summed E-state index contributed by atoms with van der Waals surface area (Å²) in [5.74, 6) is 0. The molecule has 0 saturated carbocycles. The van der Waals surface area contributed by atoms with Crippen LogP contribution in [-0.4, -0.2) is 9.78 Å². The van der Waals surface area contributed by atoms with Crippen molar-refractivity contribution >= 4 is 0 Å². The van der Waals surface area contributed by atoms with Crippen LogP contribution in [-0.2, 0) is 13.6 Å². The first-order valence-electron chi connectivity index (χ1n) is 4.20. The molecule has 3 nitrogen and oxygen atoms in total. The van der Waals surface area contributed by atoms with E-state index in [0.717, 1.165) is 6.54 Å². The van der Waals surface area contributed by atoms with E-state index in [1.807, 2.05) is 29.0 Å². The maximum atomic E-state index is 4.17. The molecule has 1 aromatic heterocycles. The van der Waals surface area contributed by atoms with Gasteiger partial charge in [-0.3, -0.25) is 0 Å². The third kappa shape index (κ3) is 4.04. The Morgan fingerprint density at radius 3 is 2.67 bits per heavy atom. The Kier molecular flexibility index (Phi) is 6.32. The molecule has 1 rings (SSSR count). The minimum Gasteiger partial charge on any atom is -1.00 e. The molecule has 70 valence electrons. The van der Waals surface area contributed by atoms with Crippen LogP contribution in [0.2, 0.25) is 0 Å². The summed E-state index contributed by atoms with van der Waals surface area (Å²) in [5.41, 5.74) is 0. The fraction of sp³-hybridized carbons (Fsp3) is 0.750. The fourth-order valence-corrected chi connectivity index (χ4v) is 1.06. The molecule has 12 heavy (non-hydrogen) atoms. The second-order valence-corrected chi connectivity index (χ2v) is 2.88. The second-order valence-electron chi connectivity index (χ2n) is 2.88. The Bertz CT molecular complexity index is 210. The summed E-state index contributed by atoms with van der Waals surface area (Å²) in [6.07, 6.45) is 7.64. The predicted octanol–water partition coefficient (Wildman–Crippen LogP) is -2.10. The third-order valence-electron chi connectivity index (χ3n) is 1.69. The molecule has 1 heterocycles. The zero-order valence-corrected chi connectivity index (χ0v) is 9.86. The molecule has 0 N–H and O–H groups in total. The number of rotatable bonds is 4. The summed E-state index contributed by atoms with van der Waals surface area (Å²) in [5, 5.41) is 4.17. The quantitative estimate of drug-likeness (QED) is 0.352. The number of hydrogen-bond donors (Lipinski definition) is 0. The highest BCUT2D eigenvalue weighted by Gasteiger charge is 1.99. The Balaban J connectivity index is 0.00000121.